The minimum atomic E-state index is 0.0397. The Balaban J connectivity index is 1.52. The number of carbonyl (C=O) groups is 1. The maximum absolute atomic E-state index is 12.0. The van der Waals surface area contributed by atoms with Crippen LogP contribution in [0.25, 0.3) is 0 Å². The van der Waals surface area contributed by atoms with Crippen LogP contribution in [0.5, 0.6) is 0 Å². The van der Waals surface area contributed by atoms with E-state index in [9.17, 15) is 4.79 Å². The first kappa shape index (κ1) is 18.2. The van der Waals surface area contributed by atoms with Crippen LogP contribution in [-0.2, 0) is 11.3 Å². The Morgan fingerprint density at radius 3 is 2.72 bits per heavy atom. The number of likely N-dealkylation sites (tertiary alicyclic amines) is 1. The zero-order chi connectivity index (χ0) is 17.7. The molecule has 1 aliphatic carbocycles. The molecule has 1 aromatic carbocycles. The van der Waals surface area contributed by atoms with E-state index in [1.165, 1.54) is 31.4 Å². The van der Waals surface area contributed by atoms with E-state index in [1.54, 1.807) is 6.08 Å². The molecule has 4 heteroatoms. The van der Waals surface area contributed by atoms with Gasteiger partial charge in [-0.05, 0) is 43.8 Å². The minimum absolute atomic E-state index is 0.0397. The highest BCUT2D eigenvalue weighted by Crippen LogP contribution is 2.51. The highest BCUT2D eigenvalue weighted by Gasteiger charge is 2.49. The third-order valence-corrected chi connectivity index (χ3v) is 5.74. The quantitative estimate of drug-likeness (QED) is 0.774. The van der Waals surface area contributed by atoms with E-state index in [0.717, 1.165) is 26.2 Å². The third-order valence-electron chi connectivity index (χ3n) is 5.74. The van der Waals surface area contributed by atoms with Gasteiger partial charge in [-0.25, -0.2) is 0 Å². The van der Waals surface area contributed by atoms with Crippen molar-refractivity contribution in [1.82, 2.24) is 15.1 Å². The molecule has 1 N–H and O–H groups in total. The fourth-order valence-corrected chi connectivity index (χ4v) is 4.24. The van der Waals surface area contributed by atoms with Gasteiger partial charge in [-0.1, -0.05) is 42.8 Å². The molecule has 0 bridgehead atoms. The standard InChI is InChI=1S/C21H31N3O/c1-23(2)13-6-10-20(25)22-14-19-16-24(17-21(19)11-7-12-21)15-18-8-4-3-5-9-18/h3-6,8-10,19H,7,11-17H2,1-2H3,(H,22,25)/b10-6+. The second kappa shape index (κ2) is 8.15. The van der Waals surface area contributed by atoms with Crippen molar-refractivity contribution < 1.29 is 4.79 Å². The molecule has 1 saturated carbocycles. The second-order valence-electron chi connectivity index (χ2n) is 7.98. The van der Waals surface area contributed by atoms with Gasteiger partial charge >= 0.3 is 0 Å². The predicted molar refractivity (Wildman–Crippen MR) is 102 cm³/mol. The molecule has 1 unspecified atom stereocenters. The first-order valence-electron chi connectivity index (χ1n) is 9.43. The number of hydrogen-bond acceptors (Lipinski definition) is 3. The normalized spacial score (nSPS) is 22.6. The van der Waals surface area contributed by atoms with Gasteiger partial charge in [0.2, 0.25) is 5.91 Å². The van der Waals surface area contributed by atoms with Crippen LogP contribution in [0.15, 0.2) is 42.5 Å². The summed E-state index contributed by atoms with van der Waals surface area (Å²) >= 11 is 0. The molecule has 3 rings (SSSR count). The maximum atomic E-state index is 12.0. The number of carbonyl (C=O) groups excluding carboxylic acids is 1. The summed E-state index contributed by atoms with van der Waals surface area (Å²) in [6.07, 6.45) is 7.56. The van der Waals surface area contributed by atoms with Gasteiger partial charge < -0.3 is 10.2 Å². The molecule has 1 heterocycles. The Morgan fingerprint density at radius 2 is 2.08 bits per heavy atom. The van der Waals surface area contributed by atoms with Crippen LogP contribution in [-0.4, -0.2) is 56.0 Å². The first-order chi connectivity index (χ1) is 12.1. The van der Waals surface area contributed by atoms with Crippen molar-refractivity contribution in [3.05, 3.63) is 48.0 Å². The number of rotatable bonds is 7. The lowest BCUT2D eigenvalue weighted by Crippen LogP contribution is -2.42. The highest BCUT2D eigenvalue weighted by atomic mass is 16.1. The Morgan fingerprint density at radius 1 is 1.32 bits per heavy atom. The van der Waals surface area contributed by atoms with Gasteiger partial charge in [-0.3, -0.25) is 9.69 Å². The Kier molecular flexibility index (Phi) is 5.92. The lowest BCUT2D eigenvalue weighted by atomic mass is 9.63. The molecule has 4 nitrogen and oxygen atoms in total. The fraction of sp³-hybridized carbons (Fsp3) is 0.571. The smallest absolute Gasteiger partial charge is 0.243 e. The zero-order valence-electron chi connectivity index (χ0n) is 15.6. The number of nitrogens with one attached hydrogen (secondary N) is 1. The van der Waals surface area contributed by atoms with E-state index in [1.807, 2.05) is 25.1 Å². The third kappa shape index (κ3) is 4.71. The second-order valence-corrected chi connectivity index (χ2v) is 7.98. The number of amides is 1. The summed E-state index contributed by atoms with van der Waals surface area (Å²) in [5.74, 6) is 0.619. The van der Waals surface area contributed by atoms with Crippen molar-refractivity contribution in [3.63, 3.8) is 0 Å². The summed E-state index contributed by atoms with van der Waals surface area (Å²) in [7, 11) is 4.00. The minimum Gasteiger partial charge on any atom is -0.352 e. The van der Waals surface area contributed by atoms with E-state index in [-0.39, 0.29) is 5.91 Å². The number of nitrogens with zero attached hydrogens (tertiary/aromatic N) is 2. The van der Waals surface area contributed by atoms with Gasteiger partial charge in [0.15, 0.2) is 0 Å². The van der Waals surface area contributed by atoms with Gasteiger partial charge in [-0.15, -0.1) is 0 Å². The number of hydrogen-bond donors (Lipinski definition) is 1. The average Bonchev–Trinajstić information content (AvgIpc) is 2.92. The van der Waals surface area contributed by atoms with Gasteiger partial charge in [0.05, 0.1) is 0 Å². The molecule has 1 amide bonds. The molecule has 1 aromatic rings. The topological polar surface area (TPSA) is 35.6 Å². The SMILES string of the molecule is CN(C)C/C=C/C(=O)NCC1CN(Cc2ccccc2)CC12CCC2. The molecule has 0 radical (unpaired) electrons. The molecule has 2 aliphatic rings. The summed E-state index contributed by atoms with van der Waals surface area (Å²) in [5.41, 5.74) is 1.82. The zero-order valence-corrected chi connectivity index (χ0v) is 15.6. The number of likely N-dealkylation sites (N-methyl/N-ethyl adjacent to an activating group) is 1. The number of benzene rings is 1. The highest BCUT2D eigenvalue weighted by molar-refractivity contribution is 5.87. The van der Waals surface area contributed by atoms with Crippen LogP contribution in [0.4, 0.5) is 0 Å². The van der Waals surface area contributed by atoms with Crippen LogP contribution in [0, 0.1) is 11.3 Å². The molecule has 25 heavy (non-hydrogen) atoms. The molecule has 136 valence electrons. The van der Waals surface area contributed by atoms with Crippen LogP contribution in [0.1, 0.15) is 24.8 Å². The van der Waals surface area contributed by atoms with Gasteiger partial charge in [0.25, 0.3) is 0 Å². The van der Waals surface area contributed by atoms with Crippen LogP contribution < -0.4 is 5.32 Å². The fourth-order valence-electron chi connectivity index (χ4n) is 4.24. The summed E-state index contributed by atoms with van der Waals surface area (Å²) in [4.78, 5) is 16.7. The Hall–Kier alpha value is -1.65. The van der Waals surface area contributed by atoms with Gasteiger partial charge in [0, 0.05) is 38.8 Å². The Bertz CT molecular complexity index is 592. The van der Waals surface area contributed by atoms with E-state index in [0.29, 0.717) is 11.3 Å². The largest absolute Gasteiger partial charge is 0.352 e. The van der Waals surface area contributed by atoms with E-state index in [4.69, 9.17) is 0 Å². The molecular formula is C21H31N3O. The van der Waals surface area contributed by atoms with Crippen molar-refractivity contribution in [1.29, 1.82) is 0 Å². The molecular weight excluding hydrogens is 310 g/mol. The molecule has 1 atom stereocenters. The van der Waals surface area contributed by atoms with Crippen molar-refractivity contribution >= 4 is 5.91 Å². The van der Waals surface area contributed by atoms with Crippen LogP contribution in [0.2, 0.25) is 0 Å². The van der Waals surface area contributed by atoms with Crippen molar-refractivity contribution in [3.8, 4) is 0 Å². The van der Waals surface area contributed by atoms with Gasteiger partial charge in [0.1, 0.15) is 0 Å². The molecule has 1 saturated heterocycles. The maximum Gasteiger partial charge on any atom is 0.243 e. The van der Waals surface area contributed by atoms with Crippen LogP contribution in [0.3, 0.4) is 0 Å². The van der Waals surface area contributed by atoms with Gasteiger partial charge in [-0.2, -0.15) is 0 Å². The summed E-state index contributed by atoms with van der Waals surface area (Å²) in [6, 6.07) is 10.7. The average molecular weight is 341 g/mol. The molecule has 1 aliphatic heterocycles. The molecule has 1 spiro atoms. The van der Waals surface area contributed by atoms with Crippen molar-refractivity contribution in [2.75, 3.05) is 40.3 Å². The van der Waals surface area contributed by atoms with E-state index in [2.05, 4.69) is 40.5 Å². The van der Waals surface area contributed by atoms with Crippen molar-refractivity contribution in [2.24, 2.45) is 11.3 Å². The Labute approximate surface area is 151 Å². The monoisotopic (exact) mass is 341 g/mol. The van der Waals surface area contributed by atoms with E-state index < -0.39 is 0 Å². The van der Waals surface area contributed by atoms with E-state index >= 15 is 0 Å². The summed E-state index contributed by atoms with van der Waals surface area (Å²) in [6.45, 7) is 4.90. The van der Waals surface area contributed by atoms with Crippen LogP contribution >= 0.6 is 0 Å². The lowest BCUT2D eigenvalue weighted by molar-refractivity contribution is -0.116. The predicted octanol–water partition coefficient (Wildman–Crippen LogP) is 2.52. The molecule has 0 aromatic heterocycles. The summed E-state index contributed by atoms with van der Waals surface area (Å²) < 4.78 is 0. The summed E-state index contributed by atoms with van der Waals surface area (Å²) in [5, 5.41) is 3.14. The van der Waals surface area contributed by atoms with Crippen molar-refractivity contribution in [2.45, 2.75) is 25.8 Å². The first-order valence-corrected chi connectivity index (χ1v) is 9.43. The molecule has 2 fully saturated rings. The lowest BCUT2D eigenvalue weighted by Gasteiger charge is -2.43.